The second-order valence-corrected chi connectivity index (χ2v) is 17.0. The number of hydrogen-bond donors (Lipinski definition) is 0. The minimum atomic E-state index is 1.08. The van der Waals surface area contributed by atoms with Crippen LogP contribution in [-0.4, -0.2) is 9.97 Å². The van der Waals surface area contributed by atoms with E-state index in [9.17, 15) is 0 Å². The van der Waals surface area contributed by atoms with Crippen molar-refractivity contribution in [1.29, 1.82) is 0 Å². The molecule has 2 aromatic heterocycles. The summed E-state index contributed by atoms with van der Waals surface area (Å²) >= 11 is 0. The zero-order chi connectivity index (χ0) is 42.8. The average molecular weight is 826 g/mol. The summed E-state index contributed by atoms with van der Waals surface area (Å²) < 4.78 is 0. The molecule has 0 saturated carbocycles. The van der Waals surface area contributed by atoms with Gasteiger partial charge in [-0.2, -0.15) is 0 Å². The Morgan fingerprint density at radius 2 is 0.646 bits per heavy atom. The Morgan fingerprint density at radius 3 is 1.23 bits per heavy atom. The van der Waals surface area contributed by atoms with Crippen LogP contribution in [0.2, 0.25) is 0 Å². The topological polar surface area (TPSA) is 29.0 Å². The molecule has 13 rings (SSSR count). The van der Waals surface area contributed by atoms with Crippen molar-refractivity contribution in [3.05, 3.63) is 237 Å². The largest absolute Gasteiger partial charge is 0.310 e. The van der Waals surface area contributed by atoms with Gasteiger partial charge in [-0.15, -0.1) is 0 Å². The molecule has 0 unspecified atom stereocenters. The maximum Gasteiger partial charge on any atom is 0.0468 e. The first-order chi connectivity index (χ1) is 32.2. The third-order valence-electron chi connectivity index (χ3n) is 13.4. The molecule has 0 saturated heterocycles. The van der Waals surface area contributed by atoms with Gasteiger partial charge >= 0.3 is 0 Å². The molecule has 65 heavy (non-hydrogen) atoms. The van der Waals surface area contributed by atoms with Crippen molar-refractivity contribution in [3.63, 3.8) is 0 Å². The lowest BCUT2D eigenvalue weighted by atomic mass is 9.94. The van der Waals surface area contributed by atoms with Gasteiger partial charge in [0.15, 0.2) is 0 Å². The molecule has 0 atom stereocenters. The number of nitrogens with zero attached hydrogens (tertiary/aromatic N) is 3. The summed E-state index contributed by atoms with van der Waals surface area (Å²) in [5.74, 6) is 0. The molecule has 0 bridgehead atoms. The van der Waals surface area contributed by atoms with Gasteiger partial charge in [-0.1, -0.05) is 140 Å². The monoisotopic (exact) mass is 825 g/mol. The summed E-state index contributed by atoms with van der Waals surface area (Å²) in [6.07, 6.45) is 7.77. The van der Waals surface area contributed by atoms with Crippen molar-refractivity contribution in [2.75, 3.05) is 4.90 Å². The lowest BCUT2D eigenvalue weighted by molar-refractivity contribution is 1.29. The summed E-state index contributed by atoms with van der Waals surface area (Å²) in [6.45, 7) is 0. The van der Waals surface area contributed by atoms with E-state index in [-0.39, 0.29) is 0 Å². The first-order valence-corrected chi connectivity index (χ1v) is 22.2. The number of pyridine rings is 2. The van der Waals surface area contributed by atoms with Crippen LogP contribution < -0.4 is 4.90 Å². The Morgan fingerprint density at radius 1 is 0.246 bits per heavy atom. The van der Waals surface area contributed by atoms with Crippen molar-refractivity contribution in [3.8, 4) is 33.4 Å². The van der Waals surface area contributed by atoms with Crippen LogP contribution in [0.15, 0.2) is 237 Å². The maximum absolute atomic E-state index is 4.51. The number of fused-ring (bicyclic) bond motifs is 10. The van der Waals surface area contributed by atoms with Crippen molar-refractivity contribution < 1.29 is 0 Å². The molecule has 0 spiro atoms. The van der Waals surface area contributed by atoms with Crippen molar-refractivity contribution in [2.24, 2.45) is 0 Å². The third kappa shape index (κ3) is 6.28. The highest BCUT2D eigenvalue weighted by atomic mass is 15.1. The molecule has 13 aromatic rings. The van der Waals surface area contributed by atoms with Gasteiger partial charge in [-0.3, -0.25) is 9.97 Å². The van der Waals surface area contributed by atoms with Gasteiger partial charge in [0.1, 0.15) is 0 Å². The van der Waals surface area contributed by atoms with E-state index in [2.05, 4.69) is 227 Å². The van der Waals surface area contributed by atoms with Gasteiger partial charge in [0.25, 0.3) is 0 Å². The third-order valence-corrected chi connectivity index (χ3v) is 13.4. The molecular weight excluding hydrogens is 787 g/mol. The minimum Gasteiger partial charge on any atom is -0.310 e. The fourth-order valence-electron chi connectivity index (χ4n) is 10.1. The average Bonchev–Trinajstić information content (AvgIpc) is 3.38. The van der Waals surface area contributed by atoms with E-state index in [0.29, 0.717) is 0 Å². The molecule has 0 aliphatic heterocycles. The molecule has 11 aromatic carbocycles. The van der Waals surface area contributed by atoms with Gasteiger partial charge in [-0.05, 0) is 171 Å². The van der Waals surface area contributed by atoms with Crippen LogP contribution in [0.25, 0.3) is 109 Å². The molecule has 2 heterocycles. The van der Waals surface area contributed by atoms with Crippen LogP contribution in [0.5, 0.6) is 0 Å². The van der Waals surface area contributed by atoms with Crippen LogP contribution in [0.3, 0.4) is 0 Å². The zero-order valence-corrected chi connectivity index (χ0v) is 35.4. The Bertz CT molecular complexity index is 3840. The molecule has 0 radical (unpaired) electrons. The van der Waals surface area contributed by atoms with E-state index < -0.39 is 0 Å². The van der Waals surface area contributed by atoms with E-state index in [0.717, 1.165) is 39.0 Å². The normalized spacial score (nSPS) is 11.7. The van der Waals surface area contributed by atoms with Crippen molar-refractivity contribution in [2.45, 2.75) is 0 Å². The lowest BCUT2D eigenvalue weighted by Crippen LogP contribution is -2.10. The summed E-state index contributed by atoms with van der Waals surface area (Å²) in [7, 11) is 0. The van der Waals surface area contributed by atoms with Gasteiger partial charge in [-0.25, -0.2) is 0 Å². The molecule has 0 amide bonds. The number of anilines is 3. The Labute approximate surface area is 376 Å². The number of hydrogen-bond acceptors (Lipinski definition) is 3. The van der Waals surface area contributed by atoms with E-state index in [1.54, 1.807) is 0 Å². The molecule has 3 nitrogen and oxygen atoms in total. The first-order valence-electron chi connectivity index (χ1n) is 22.2. The van der Waals surface area contributed by atoms with Gasteiger partial charge < -0.3 is 4.90 Å². The predicted molar refractivity (Wildman–Crippen MR) is 276 cm³/mol. The van der Waals surface area contributed by atoms with Crippen LogP contribution >= 0.6 is 0 Å². The summed E-state index contributed by atoms with van der Waals surface area (Å²) in [5.41, 5.74) is 10.4. The van der Waals surface area contributed by atoms with E-state index >= 15 is 0 Å². The lowest BCUT2D eigenvalue weighted by Gasteiger charge is -2.26. The molecule has 3 heteroatoms. The second-order valence-electron chi connectivity index (χ2n) is 17.0. The summed E-state index contributed by atoms with van der Waals surface area (Å²) in [6, 6.07) is 77.8. The van der Waals surface area contributed by atoms with Crippen molar-refractivity contribution in [1.82, 2.24) is 9.97 Å². The molecule has 0 aliphatic rings. The van der Waals surface area contributed by atoms with Gasteiger partial charge in [0, 0.05) is 52.6 Å². The zero-order valence-electron chi connectivity index (χ0n) is 35.4. The Balaban J connectivity index is 0.926. The highest BCUT2D eigenvalue weighted by molar-refractivity contribution is 6.15. The van der Waals surface area contributed by atoms with Gasteiger partial charge in [0.2, 0.25) is 0 Å². The van der Waals surface area contributed by atoms with Crippen LogP contribution in [0.4, 0.5) is 17.1 Å². The van der Waals surface area contributed by atoms with Crippen LogP contribution in [0.1, 0.15) is 0 Å². The standard InChI is InChI=1S/C62H39N3/c1-2-8-43-33-44(14-13-40(43)7-1)45-21-27-55-48(34-45)15-16-49-35-52(26-28-56(49)55)65(50-22-17-41(18-23-50)59-36-46-9-3-5-11-53(46)61-38-63-31-29-57(59)61)51-24-19-42(20-25-51)60-37-47-10-4-6-12-54(47)62-39-64-32-30-58(60)62/h1-39H. The highest BCUT2D eigenvalue weighted by Crippen LogP contribution is 2.42. The fourth-order valence-corrected chi connectivity index (χ4v) is 10.1. The molecule has 0 fully saturated rings. The SMILES string of the molecule is c1ccc2cc(-c3ccc4c(ccc5cc(N(c6ccc(-c7cc8ccccc8c8cnccc78)cc6)c6ccc(-c7cc8ccccc8c8cnccc78)cc6)ccc54)c3)ccc2c1. The van der Waals surface area contributed by atoms with Gasteiger partial charge in [0.05, 0.1) is 0 Å². The van der Waals surface area contributed by atoms with E-state index in [1.807, 2.05) is 24.8 Å². The molecule has 302 valence electrons. The molecule has 0 N–H and O–H groups in total. The quantitative estimate of drug-likeness (QED) is 0.156. The number of benzene rings is 11. The highest BCUT2D eigenvalue weighted by Gasteiger charge is 2.17. The Kier molecular flexibility index (Phi) is 8.53. The number of rotatable bonds is 6. The maximum atomic E-state index is 4.51. The molecule has 0 aliphatic carbocycles. The van der Waals surface area contributed by atoms with Crippen molar-refractivity contribution >= 4 is 92.5 Å². The van der Waals surface area contributed by atoms with E-state index in [1.165, 1.54) is 86.9 Å². The first kappa shape index (κ1) is 36.9. The van der Waals surface area contributed by atoms with Crippen LogP contribution in [-0.2, 0) is 0 Å². The number of aromatic nitrogens is 2. The minimum absolute atomic E-state index is 1.08. The second kappa shape index (κ2) is 15.0. The fraction of sp³-hybridized carbons (Fsp3) is 0. The Hall–Kier alpha value is -8.66. The van der Waals surface area contributed by atoms with Crippen LogP contribution in [0, 0.1) is 0 Å². The predicted octanol–water partition coefficient (Wildman–Crippen LogP) is 17.0. The summed E-state index contributed by atoms with van der Waals surface area (Å²) in [4.78, 5) is 11.4. The smallest absolute Gasteiger partial charge is 0.0468 e. The molecular formula is C62H39N3. The summed E-state index contributed by atoms with van der Waals surface area (Å²) in [5, 5.41) is 17.0. The van der Waals surface area contributed by atoms with E-state index in [4.69, 9.17) is 0 Å².